The lowest BCUT2D eigenvalue weighted by atomic mass is 10.3. The number of ether oxygens (including phenoxy) is 1. The predicted octanol–water partition coefficient (Wildman–Crippen LogP) is 3.22. The molecule has 1 heterocycles. The Hall–Kier alpha value is -1.33. The van der Waals surface area contributed by atoms with E-state index in [1.165, 1.54) is 12.1 Å². The topological polar surface area (TPSA) is 48.4 Å². The summed E-state index contributed by atoms with van der Waals surface area (Å²) >= 11 is 3.22. The second-order valence-corrected chi connectivity index (χ2v) is 4.29. The Morgan fingerprint density at radius 1 is 1.24 bits per heavy atom. The summed E-state index contributed by atoms with van der Waals surface area (Å²) in [5.74, 6) is 1.65. The summed E-state index contributed by atoms with van der Waals surface area (Å²) in [6, 6.07) is 7.86. The molecule has 0 aliphatic heterocycles. The number of benzene rings is 1. The van der Waals surface area contributed by atoms with Crippen LogP contribution in [0.2, 0.25) is 0 Å². The summed E-state index contributed by atoms with van der Waals surface area (Å²) in [5.41, 5.74) is 5.43. The van der Waals surface area contributed by atoms with Crippen LogP contribution in [0, 0.1) is 5.82 Å². The Morgan fingerprint density at radius 2 is 2.00 bits per heavy atom. The minimum absolute atomic E-state index is 0.282. The van der Waals surface area contributed by atoms with Gasteiger partial charge in [-0.15, -0.1) is 0 Å². The van der Waals surface area contributed by atoms with Crippen molar-refractivity contribution in [3.63, 3.8) is 0 Å². The van der Waals surface area contributed by atoms with Crippen molar-refractivity contribution < 1.29 is 13.5 Å². The van der Waals surface area contributed by atoms with E-state index in [0.717, 1.165) is 0 Å². The fourth-order valence-electron chi connectivity index (χ4n) is 1.35. The summed E-state index contributed by atoms with van der Waals surface area (Å²) in [7, 11) is 0. The third kappa shape index (κ3) is 3.08. The Bertz CT molecular complexity index is 513. The van der Waals surface area contributed by atoms with E-state index < -0.39 is 0 Å². The highest BCUT2D eigenvalue weighted by Crippen LogP contribution is 2.26. The van der Waals surface area contributed by atoms with Gasteiger partial charge in [0.05, 0.1) is 11.0 Å². The number of hydrogen-bond donors (Lipinski definition) is 1. The third-order valence-corrected chi connectivity index (χ3v) is 2.80. The zero-order valence-corrected chi connectivity index (χ0v) is 10.5. The third-order valence-electron chi connectivity index (χ3n) is 2.18. The molecule has 0 unspecified atom stereocenters. The molecule has 1 aromatic heterocycles. The van der Waals surface area contributed by atoms with Crippen molar-refractivity contribution in [2.24, 2.45) is 5.73 Å². The van der Waals surface area contributed by atoms with E-state index in [1.807, 2.05) is 0 Å². The van der Waals surface area contributed by atoms with E-state index in [4.69, 9.17) is 14.9 Å². The average Bonchev–Trinajstić information content (AvgIpc) is 2.76. The van der Waals surface area contributed by atoms with Gasteiger partial charge in [-0.1, -0.05) is 0 Å². The molecule has 0 aliphatic rings. The molecule has 0 bridgehead atoms. The van der Waals surface area contributed by atoms with Crippen LogP contribution >= 0.6 is 15.9 Å². The van der Waals surface area contributed by atoms with E-state index in [1.54, 1.807) is 18.2 Å². The van der Waals surface area contributed by atoms with Gasteiger partial charge in [0.25, 0.3) is 0 Å². The summed E-state index contributed by atoms with van der Waals surface area (Å²) in [5, 5.41) is 0. The molecule has 2 N–H and O–H groups in total. The van der Waals surface area contributed by atoms with Crippen molar-refractivity contribution in [1.82, 2.24) is 0 Å². The first-order valence-corrected chi connectivity index (χ1v) is 5.84. The van der Waals surface area contributed by atoms with Crippen molar-refractivity contribution in [3.8, 4) is 5.75 Å². The van der Waals surface area contributed by atoms with Crippen LogP contribution in [-0.2, 0) is 13.2 Å². The van der Waals surface area contributed by atoms with Crippen LogP contribution in [0.4, 0.5) is 4.39 Å². The maximum Gasteiger partial charge on any atom is 0.146 e. The van der Waals surface area contributed by atoms with Crippen LogP contribution in [-0.4, -0.2) is 0 Å². The van der Waals surface area contributed by atoms with Gasteiger partial charge in [0.2, 0.25) is 0 Å². The van der Waals surface area contributed by atoms with Gasteiger partial charge in [-0.2, -0.15) is 0 Å². The lowest BCUT2D eigenvalue weighted by molar-refractivity contribution is 0.264. The first kappa shape index (κ1) is 12.1. The monoisotopic (exact) mass is 299 g/mol. The second kappa shape index (κ2) is 5.33. The summed E-state index contributed by atoms with van der Waals surface area (Å²) < 4.78 is 24.3. The first-order chi connectivity index (χ1) is 8.19. The maximum atomic E-state index is 12.8. The van der Waals surface area contributed by atoms with Crippen molar-refractivity contribution in [2.75, 3.05) is 0 Å². The van der Waals surface area contributed by atoms with Gasteiger partial charge in [-0.25, -0.2) is 4.39 Å². The van der Waals surface area contributed by atoms with Crippen molar-refractivity contribution in [3.05, 3.63) is 52.1 Å². The molecule has 0 radical (unpaired) electrons. The minimum Gasteiger partial charge on any atom is -0.484 e. The highest BCUT2D eigenvalue weighted by Gasteiger charge is 2.05. The van der Waals surface area contributed by atoms with Gasteiger partial charge in [0, 0.05) is 0 Å². The molecule has 90 valence electrons. The second-order valence-electron chi connectivity index (χ2n) is 3.44. The smallest absolute Gasteiger partial charge is 0.146 e. The van der Waals surface area contributed by atoms with E-state index in [2.05, 4.69) is 15.9 Å². The van der Waals surface area contributed by atoms with Crippen molar-refractivity contribution in [2.45, 2.75) is 13.2 Å². The van der Waals surface area contributed by atoms with Gasteiger partial charge < -0.3 is 14.9 Å². The molecule has 0 fully saturated rings. The van der Waals surface area contributed by atoms with Gasteiger partial charge in [-0.05, 0) is 46.3 Å². The molecular weight excluding hydrogens is 289 g/mol. The van der Waals surface area contributed by atoms with Gasteiger partial charge >= 0.3 is 0 Å². The minimum atomic E-state index is -0.312. The Kier molecular flexibility index (Phi) is 3.81. The number of halogens is 2. The zero-order valence-electron chi connectivity index (χ0n) is 8.95. The Balaban J connectivity index is 2.02. The molecule has 0 aliphatic carbocycles. The van der Waals surface area contributed by atoms with Gasteiger partial charge in [-0.3, -0.25) is 0 Å². The normalized spacial score (nSPS) is 10.5. The maximum absolute atomic E-state index is 12.8. The van der Waals surface area contributed by atoms with E-state index >= 15 is 0 Å². The van der Waals surface area contributed by atoms with E-state index in [-0.39, 0.29) is 12.4 Å². The molecule has 0 atom stereocenters. The fourth-order valence-corrected chi connectivity index (χ4v) is 1.82. The molecule has 0 saturated carbocycles. The number of furan rings is 1. The van der Waals surface area contributed by atoms with Crippen LogP contribution in [0.3, 0.4) is 0 Å². The molecule has 2 rings (SSSR count). The quantitative estimate of drug-likeness (QED) is 0.943. The predicted molar refractivity (Wildman–Crippen MR) is 65.0 cm³/mol. The summed E-state index contributed by atoms with van der Waals surface area (Å²) in [6.07, 6.45) is 0. The number of nitrogens with two attached hydrogens (primary N) is 1. The lowest BCUT2D eigenvalue weighted by Crippen LogP contribution is -1.96. The Labute approximate surface area is 106 Å². The van der Waals surface area contributed by atoms with E-state index in [0.29, 0.717) is 28.3 Å². The van der Waals surface area contributed by atoms with Crippen LogP contribution in [0.25, 0.3) is 0 Å². The standard InChI is InChI=1S/C12H11BrFNO2/c13-11-5-8(14)1-4-12(11)16-7-10-3-2-9(6-15)17-10/h1-5H,6-7,15H2. The molecule has 3 nitrogen and oxygen atoms in total. The van der Waals surface area contributed by atoms with Crippen molar-refractivity contribution in [1.29, 1.82) is 0 Å². The fraction of sp³-hybridized carbons (Fsp3) is 0.167. The molecular formula is C12H11BrFNO2. The molecule has 5 heteroatoms. The van der Waals surface area contributed by atoms with E-state index in [9.17, 15) is 4.39 Å². The first-order valence-electron chi connectivity index (χ1n) is 5.04. The average molecular weight is 300 g/mol. The molecule has 2 aromatic rings. The molecule has 17 heavy (non-hydrogen) atoms. The molecule has 0 amide bonds. The van der Waals surface area contributed by atoms with Crippen LogP contribution in [0.15, 0.2) is 39.2 Å². The van der Waals surface area contributed by atoms with Gasteiger partial charge in [0.15, 0.2) is 0 Å². The number of hydrogen-bond acceptors (Lipinski definition) is 3. The largest absolute Gasteiger partial charge is 0.484 e. The van der Waals surface area contributed by atoms with Crippen molar-refractivity contribution >= 4 is 15.9 Å². The molecule has 1 aromatic carbocycles. The van der Waals surface area contributed by atoms with Crippen LogP contribution in [0.1, 0.15) is 11.5 Å². The summed E-state index contributed by atoms with van der Waals surface area (Å²) in [6.45, 7) is 0.643. The highest BCUT2D eigenvalue weighted by molar-refractivity contribution is 9.10. The van der Waals surface area contributed by atoms with Crippen LogP contribution in [0.5, 0.6) is 5.75 Å². The van der Waals surface area contributed by atoms with Crippen LogP contribution < -0.4 is 10.5 Å². The SMILES string of the molecule is NCc1ccc(COc2ccc(F)cc2Br)o1. The zero-order chi connectivity index (χ0) is 12.3. The summed E-state index contributed by atoms with van der Waals surface area (Å²) in [4.78, 5) is 0. The Morgan fingerprint density at radius 3 is 2.65 bits per heavy atom. The molecule has 0 saturated heterocycles. The van der Waals surface area contributed by atoms with Gasteiger partial charge in [0.1, 0.15) is 29.7 Å². The highest BCUT2D eigenvalue weighted by atomic mass is 79.9. The molecule has 0 spiro atoms. The lowest BCUT2D eigenvalue weighted by Gasteiger charge is -2.06. The number of rotatable bonds is 4.